The van der Waals surface area contributed by atoms with Gasteiger partial charge >= 0.3 is 0 Å². The van der Waals surface area contributed by atoms with Gasteiger partial charge < -0.3 is 15.4 Å². The van der Waals surface area contributed by atoms with Crippen LogP contribution < -0.4 is 10.6 Å². The molecular formula is C16H29N3O2. The van der Waals surface area contributed by atoms with Crippen LogP contribution in [0.5, 0.6) is 0 Å². The highest BCUT2D eigenvalue weighted by atomic mass is 16.5. The van der Waals surface area contributed by atoms with Crippen molar-refractivity contribution < 1.29 is 9.53 Å². The first-order valence-corrected chi connectivity index (χ1v) is 8.64. The summed E-state index contributed by atoms with van der Waals surface area (Å²) >= 11 is 0. The smallest absolute Gasteiger partial charge is 0.237 e. The van der Waals surface area contributed by atoms with Crippen LogP contribution in [0, 0.1) is 5.92 Å². The summed E-state index contributed by atoms with van der Waals surface area (Å²) in [5.41, 5.74) is 0. The first-order chi connectivity index (χ1) is 10.3. The van der Waals surface area contributed by atoms with E-state index >= 15 is 0 Å². The number of fused-ring (bicyclic) bond motifs is 1. The number of ether oxygens (including phenoxy) is 1. The maximum atomic E-state index is 12.3. The Labute approximate surface area is 127 Å². The van der Waals surface area contributed by atoms with Crippen LogP contribution >= 0.6 is 0 Å². The van der Waals surface area contributed by atoms with Gasteiger partial charge in [-0.3, -0.25) is 9.69 Å². The SMILES string of the molecule is CCN1CCOC(CNC(=O)C2CC3CCCCC3N2)C1. The Hall–Kier alpha value is -0.650. The summed E-state index contributed by atoms with van der Waals surface area (Å²) in [7, 11) is 0. The fourth-order valence-corrected chi connectivity index (χ4v) is 4.05. The van der Waals surface area contributed by atoms with Gasteiger partial charge in [0.15, 0.2) is 0 Å². The van der Waals surface area contributed by atoms with E-state index in [1.165, 1.54) is 25.7 Å². The van der Waals surface area contributed by atoms with E-state index in [0.29, 0.717) is 12.6 Å². The number of hydrogen-bond acceptors (Lipinski definition) is 4. The summed E-state index contributed by atoms with van der Waals surface area (Å²) in [4.78, 5) is 14.7. The minimum absolute atomic E-state index is 0.0176. The lowest BCUT2D eigenvalue weighted by Crippen LogP contribution is -2.50. The number of nitrogens with one attached hydrogen (secondary N) is 2. The summed E-state index contributed by atoms with van der Waals surface area (Å²) in [5.74, 6) is 0.887. The maximum Gasteiger partial charge on any atom is 0.237 e. The molecule has 120 valence electrons. The average Bonchev–Trinajstić information content (AvgIpc) is 2.97. The molecule has 4 atom stereocenters. The molecule has 3 rings (SSSR count). The Kier molecular flexibility index (Phi) is 5.14. The third-order valence-corrected chi connectivity index (χ3v) is 5.35. The van der Waals surface area contributed by atoms with Crippen LogP contribution in [0.1, 0.15) is 39.0 Å². The van der Waals surface area contributed by atoms with Gasteiger partial charge in [-0.15, -0.1) is 0 Å². The zero-order valence-corrected chi connectivity index (χ0v) is 13.1. The third-order valence-electron chi connectivity index (χ3n) is 5.35. The van der Waals surface area contributed by atoms with Crippen molar-refractivity contribution >= 4 is 5.91 Å². The van der Waals surface area contributed by atoms with E-state index in [4.69, 9.17) is 4.74 Å². The molecule has 0 bridgehead atoms. The van der Waals surface area contributed by atoms with Gasteiger partial charge in [-0.25, -0.2) is 0 Å². The predicted octanol–water partition coefficient (Wildman–Crippen LogP) is 0.744. The molecule has 2 N–H and O–H groups in total. The number of carbonyl (C=O) groups excluding carboxylic acids is 1. The Morgan fingerprint density at radius 1 is 1.38 bits per heavy atom. The molecule has 21 heavy (non-hydrogen) atoms. The molecule has 0 aromatic heterocycles. The van der Waals surface area contributed by atoms with Crippen LogP contribution in [0.2, 0.25) is 0 Å². The lowest BCUT2D eigenvalue weighted by molar-refractivity contribution is -0.124. The Bertz CT molecular complexity index is 349. The summed E-state index contributed by atoms with van der Waals surface area (Å²) in [5, 5.41) is 6.63. The minimum atomic E-state index is 0.0176. The lowest BCUT2D eigenvalue weighted by Gasteiger charge is -2.32. The second-order valence-electron chi connectivity index (χ2n) is 6.74. The zero-order chi connectivity index (χ0) is 14.7. The molecule has 3 fully saturated rings. The molecular weight excluding hydrogens is 266 g/mol. The topological polar surface area (TPSA) is 53.6 Å². The molecule has 0 aromatic rings. The molecule has 2 saturated heterocycles. The quantitative estimate of drug-likeness (QED) is 0.803. The summed E-state index contributed by atoms with van der Waals surface area (Å²) in [6.07, 6.45) is 6.34. The van der Waals surface area contributed by atoms with E-state index < -0.39 is 0 Å². The van der Waals surface area contributed by atoms with Crippen LogP contribution in [-0.4, -0.2) is 61.8 Å². The maximum absolute atomic E-state index is 12.3. The van der Waals surface area contributed by atoms with Gasteiger partial charge in [-0.05, 0) is 31.7 Å². The van der Waals surface area contributed by atoms with Crippen molar-refractivity contribution in [1.29, 1.82) is 0 Å². The first kappa shape index (κ1) is 15.3. The van der Waals surface area contributed by atoms with Crippen LogP contribution in [0.3, 0.4) is 0 Å². The molecule has 3 aliphatic rings. The monoisotopic (exact) mass is 295 g/mol. The highest BCUT2D eigenvalue weighted by molar-refractivity contribution is 5.82. The highest BCUT2D eigenvalue weighted by Gasteiger charge is 2.38. The molecule has 0 radical (unpaired) electrons. The fraction of sp³-hybridized carbons (Fsp3) is 0.938. The number of likely N-dealkylation sites (N-methyl/N-ethyl adjacent to an activating group) is 1. The standard InChI is InChI=1S/C16H29N3O2/c1-2-19-7-8-21-13(11-19)10-17-16(20)15-9-12-5-3-4-6-14(12)18-15/h12-15,18H,2-11H2,1H3,(H,17,20). The summed E-state index contributed by atoms with van der Waals surface area (Å²) < 4.78 is 5.74. The predicted molar refractivity (Wildman–Crippen MR) is 82.2 cm³/mol. The molecule has 1 amide bonds. The number of hydrogen-bond donors (Lipinski definition) is 2. The number of carbonyl (C=O) groups is 1. The van der Waals surface area contributed by atoms with Crippen LogP contribution in [-0.2, 0) is 9.53 Å². The van der Waals surface area contributed by atoms with Crippen LogP contribution in [0.4, 0.5) is 0 Å². The van der Waals surface area contributed by atoms with Gasteiger partial charge in [0.25, 0.3) is 0 Å². The Morgan fingerprint density at radius 2 is 2.24 bits per heavy atom. The molecule has 4 unspecified atom stereocenters. The summed E-state index contributed by atoms with van der Waals surface area (Å²) in [6.45, 7) is 6.59. The van der Waals surface area contributed by atoms with Crippen molar-refractivity contribution in [2.24, 2.45) is 5.92 Å². The van der Waals surface area contributed by atoms with Gasteiger partial charge in [-0.2, -0.15) is 0 Å². The van der Waals surface area contributed by atoms with Crippen molar-refractivity contribution in [3.63, 3.8) is 0 Å². The van der Waals surface area contributed by atoms with Crippen molar-refractivity contribution in [3.8, 4) is 0 Å². The van der Waals surface area contributed by atoms with Gasteiger partial charge in [0.05, 0.1) is 18.8 Å². The molecule has 5 nitrogen and oxygen atoms in total. The molecule has 2 aliphatic heterocycles. The highest BCUT2D eigenvalue weighted by Crippen LogP contribution is 2.33. The Morgan fingerprint density at radius 3 is 3.05 bits per heavy atom. The van der Waals surface area contributed by atoms with Crippen molar-refractivity contribution in [2.45, 2.75) is 57.2 Å². The second-order valence-corrected chi connectivity index (χ2v) is 6.74. The van der Waals surface area contributed by atoms with E-state index in [9.17, 15) is 4.79 Å². The number of nitrogens with zero attached hydrogens (tertiary/aromatic N) is 1. The van der Waals surface area contributed by atoms with Crippen molar-refractivity contribution in [2.75, 3.05) is 32.8 Å². The molecule has 5 heteroatoms. The second kappa shape index (κ2) is 7.07. The van der Waals surface area contributed by atoms with E-state index in [1.54, 1.807) is 0 Å². The third kappa shape index (κ3) is 3.76. The average molecular weight is 295 g/mol. The van der Waals surface area contributed by atoms with E-state index in [1.807, 2.05) is 0 Å². The van der Waals surface area contributed by atoms with E-state index in [0.717, 1.165) is 38.6 Å². The van der Waals surface area contributed by atoms with E-state index in [2.05, 4.69) is 22.5 Å². The molecule has 0 aromatic carbocycles. The normalized spacial score (nSPS) is 37.2. The largest absolute Gasteiger partial charge is 0.374 e. The van der Waals surface area contributed by atoms with Gasteiger partial charge in [0, 0.05) is 25.7 Å². The number of rotatable bonds is 4. The van der Waals surface area contributed by atoms with Gasteiger partial charge in [0.1, 0.15) is 0 Å². The van der Waals surface area contributed by atoms with Crippen molar-refractivity contribution in [3.05, 3.63) is 0 Å². The van der Waals surface area contributed by atoms with Gasteiger partial charge in [-0.1, -0.05) is 19.8 Å². The Balaban J connectivity index is 1.42. The molecule has 1 aliphatic carbocycles. The van der Waals surface area contributed by atoms with Crippen molar-refractivity contribution in [1.82, 2.24) is 15.5 Å². The van der Waals surface area contributed by atoms with Crippen LogP contribution in [0.15, 0.2) is 0 Å². The number of morpholine rings is 1. The van der Waals surface area contributed by atoms with Gasteiger partial charge in [0.2, 0.25) is 5.91 Å². The van der Waals surface area contributed by atoms with E-state index in [-0.39, 0.29) is 18.1 Å². The molecule has 2 heterocycles. The number of amides is 1. The molecule has 1 saturated carbocycles. The summed E-state index contributed by atoms with van der Waals surface area (Å²) in [6, 6.07) is 0.597. The lowest BCUT2D eigenvalue weighted by atomic mass is 9.85. The molecule has 0 spiro atoms. The fourth-order valence-electron chi connectivity index (χ4n) is 4.05. The minimum Gasteiger partial charge on any atom is -0.374 e. The zero-order valence-electron chi connectivity index (χ0n) is 13.1. The first-order valence-electron chi connectivity index (χ1n) is 8.64. The van der Waals surface area contributed by atoms with Crippen LogP contribution in [0.25, 0.3) is 0 Å².